The first-order valence-corrected chi connectivity index (χ1v) is 9.62. The van der Waals surface area contributed by atoms with Gasteiger partial charge in [0.15, 0.2) is 6.61 Å². The van der Waals surface area contributed by atoms with Crippen LogP contribution in [0.25, 0.3) is 0 Å². The van der Waals surface area contributed by atoms with Gasteiger partial charge in [-0.2, -0.15) is 0 Å². The highest BCUT2D eigenvalue weighted by Crippen LogP contribution is 2.30. The summed E-state index contributed by atoms with van der Waals surface area (Å²) in [6.45, 7) is 2.71. The number of nitrogens with one attached hydrogen (secondary N) is 2. The van der Waals surface area contributed by atoms with Gasteiger partial charge in [0.1, 0.15) is 5.75 Å². The quantitative estimate of drug-likeness (QED) is 0.747. The van der Waals surface area contributed by atoms with E-state index in [4.69, 9.17) is 4.74 Å². The van der Waals surface area contributed by atoms with Crippen LogP contribution >= 0.6 is 0 Å². The zero-order valence-electron chi connectivity index (χ0n) is 15.5. The summed E-state index contributed by atoms with van der Waals surface area (Å²) in [5.74, 6) is 1.58. The third kappa shape index (κ3) is 5.46. The van der Waals surface area contributed by atoms with Gasteiger partial charge in [-0.25, -0.2) is 0 Å². The molecule has 26 heavy (non-hydrogen) atoms. The summed E-state index contributed by atoms with van der Waals surface area (Å²) in [5.41, 5.74) is 0.720. The number of rotatable bonds is 8. The van der Waals surface area contributed by atoms with Crippen LogP contribution in [0.1, 0.15) is 32.1 Å². The van der Waals surface area contributed by atoms with Crippen molar-refractivity contribution in [1.82, 2.24) is 10.2 Å². The van der Waals surface area contributed by atoms with Gasteiger partial charge in [-0.05, 0) is 63.7 Å². The summed E-state index contributed by atoms with van der Waals surface area (Å²) in [5, 5.41) is 6.08. The number of carbonyl (C=O) groups is 2. The van der Waals surface area contributed by atoms with Gasteiger partial charge in [-0.1, -0.05) is 6.07 Å². The van der Waals surface area contributed by atoms with Crippen LogP contribution < -0.4 is 15.4 Å². The minimum Gasteiger partial charge on any atom is -0.484 e. The molecule has 1 saturated carbocycles. The molecule has 6 nitrogen and oxygen atoms in total. The predicted octanol–water partition coefficient (Wildman–Crippen LogP) is 2.26. The van der Waals surface area contributed by atoms with E-state index in [1.54, 1.807) is 6.07 Å². The Kier molecular flexibility index (Phi) is 6.50. The Labute approximate surface area is 155 Å². The SMILES string of the molecule is CNCCC1CCN(C(=O)COc2cccc(NC(=O)C3CC3)c2)CC1. The largest absolute Gasteiger partial charge is 0.484 e. The van der Waals surface area contributed by atoms with Crippen LogP contribution in [-0.2, 0) is 9.59 Å². The Morgan fingerprint density at radius 2 is 1.96 bits per heavy atom. The Balaban J connectivity index is 1.42. The zero-order chi connectivity index (χ0) is 18.4. The number of ether oxygens (including phenoxy) is 1. The lowest BCUT2D eigenvalue weighted by Crippen LogP contribution is -2.41. The van der Waals surface area contributed by atoms with E-state index in [0.717, 1.165) is 51.0 Å². The maximum atomic E-state index is 12.4. The van der Waals surface area contributed by atoms with E-state index in [2.05, 4.69) is 10.6 Å². The Hall–Kier alpha value is -2.08. The lowest BCUT2D eigenvalue weighted by Gasteiger charge is -2.32. The van der Waals surface area contributed by atoms with Crippen molar-refractivity contribution in [2.24, 2.45) is 11.8 Å². The van der Waals surface area contributed by atoms with E-state index in [0.29, 0.717) is 11.7 Å². The number of piperidine rings is 1. The first-order valence-electron chi connectivity index (χ1n) is 9.62. The van der Waals surface area contributed by atoms with E-state index in [1.807, 2.05) is 30.1 Å². The van der Waals surface area contributed by atoms with E-state index in [9.17, 15) is 9.59 Å². The molecule has 1 aliphatic heterocycles. The summed E-state index contributed by atoms with van der Waals surface area (Å²) in [6, 6.07) is 7.25. The molecule has 1 aromatic rings. The number of nitrogens with zero attached hydrogens (tertiary/aromatic N) is 1. The van der Waals surface area contributed by atoms with Gasteiger partial charge in [0.05, 0.1) is 0 Å². The zero-order valence-corrected chi connectivity index (χ0v) is 15.5. The highest BCUT2D eigenvalue weighted by Gasteiger charge is 2.29. The maximum Gasteiger partial charge on any atom is 0.260 e. The third-order valence-electron chi connectivity index (χ3n) is 5.18. The van der Waals surface area contributed by atoms with Gasteiger partial charge in [-0.15, -0.1) is 0 Å². The van der Waals surface area contributed by atoms with Crippen LogP contribution in [0.2, 0.25) is 0 Å². The summed E-state index contributed by atoms with van der Waals surface area (Å²) in [6.07, 6.45) is 5.25. The van der Waals surface area contributed by atoms with Gasteiger partial charge >= 0.3 is 0 Å². The van der Waals surface area contributed by atoms with Crippen LogP contribution in [-0.4, -0.2) is 50.0 Å². The van der Waals surface area contributed by atoms with Crippen molar-refractivity contribution in [2.75, 3.05) is 38.6 Å². The molecular formula is C20H29N3O3. The molecular weight excluding hydrogens is 330 g/mol. The Morgan fingerprint density at radius 3 is 2.65 bits per heavy atom. The molecule has 0 atom stereocenters. The van der Waals surface area contributed by atoms with Crippen molar-refractivity contribution in [3.8, 4) is 5.75 Å². The van der Waals surface area contributed by atoms with Crippen molar-refractivity contribution < 1.29 is 14.3 Å². The van der Waals surface area contributed by atoms with Crippen LogP contribution in [0.15, 0.2) is 24.3 Å². The average Bonchev–Trinajstić information content (AvgIpc) is 3.50. The van der Waals surface area contributed by atoms with Crippen molar-refractivity contribution >= 4 is 17.5 Å². The van der Waals surface area contributed by atoms with Crippen molar-refractivity contribution in [3.05, 3.63) is 24.3 Å². The summed E-state index contributed by atoms with van der Waals surface area (Å²) in [7, 11) is 1.97. The summed E-state index contributed by atoms with van der Waals surface area (Å²) < 4.78 is 5.66. The molecule has 0 unspecified atom stereocenters. The van der Waals surface area contributed by atoms with Crippen LogP contribution in [0.3, 0.4) is 0 Å². The lowest BCUT2D eigenvalue weighted by molar-refractivity contribution is -0.134. The molecule has 0 radical (unpaired) electrons. The predicted molar refractivity (Wildman–Crippen MR) is 101 cm³/mol. The lowest BCUT2D eigenvalue weighted by atomic mass is 9.93. The molecule has 0 aromatic heterocycles. The fourth-order valence-corrected chi connectivity index (χ4v) is 3.31. The number of benzene rings is 1. The molecule has 2 aliphatic rings. The van der Waals surface area contributed by atoms with Gasteiger partial charge in [-0.3, -0.25) is 9.59 Å². The minimum absolute atomic E-state index is 0.0319. The standard InChI is InChI=1S/C20H29N3O3/c1-21-10-7-15-8-11-23(12-9-15)19(24)14-26-18-4-2-3-17(13-18)22-20(25)16-5-6-16/h2-4,13,15-16,21H,5-12,14H2,1H3,(H,22,25). The second kappa shape index (κ2) is 9.03. The molecule has 2 amide bonds. The van der Waals surface area contributed by atoms with E-state index in [1.165, 1.54) is 6.42 Å². The van der Waals surface area contributed by atoms with E-state index in [-0.39, 0.29) is 24.3 Å². The third-order valence-corrected chi connectivity index (χ3v) is 5.18. The molecule has 1 heterocycles. The molecule has 2 N–H and O–H groups in total. The molecule has 0 spiro atoms. The number of anilines is 1. The first-order chi connectivity index (χ1) is 12.7. The van der Waals surface area contributed by atoms with Crippen LogP contribution in [0, 0.1) is 11.8 Å². The monoisotopic (exact) mass is 359 g/mol. The molecule has 1 saturated heterocycles. The highest BCUT2D eigenvalue weighted by atomic mass is 16.5. The molecule has 142 valence electrons. The van der Waals surface area contributed by atoms with Gasteiger partial charge in [0.25, 0.3) is 5.91 Å². The van der Waals surface area contributed by atoms with Gasteiger partial charge in [0.2, 0.25) is 5.91 Å². The second-order valence-corrected chi connectivity index (χ2v) is 7.30. The number of hydrogen-bond acceptors (Lipinski definition) is 4. The normalized spacial score (nSPS) is 17.8. The molecule has 2 fully saturated rings. The highest BCUT2D eigenvalue weighted by molar-refractivity contribution is 5.94. The van der Waals surface area contributed by atoms with Crippen molar-refractivity contribution in [3.63, 3.8) is 0 Å². The number of carbonyl (C=O) groups excluding carboxylic acids is 2. The number of hydrogen-bond donors (Lipinski definition) is 2. The van der Waals surface area contributed by atoms with Gasteiger partial charge < -0.3 is 20.3 Å². The second-order valence-electron chi connectivity index (χ2n) is 7.30. The Bertz CT molecular complexity index is 622. The van der Waals surface area contributed by atoms with Gasteiger partial charge in [0, 0.05) is 30.8 Å². The molecule has 1 aromatic carbocycles. The smallest absolute Gasteiger partial charge is 0.260 e. The molecule has 3 rings (SSSR count). The fraction of sp³-hybridized carbons (Fsp3) is 0.600. The summed E-state index contributed by atoms with van der Waals surface area (Å²) >= 11 is 0. The van der Waals surface area contributed by atoms with E-state index < -0.39 is 0 Å². The summed E-state index contributed by atoms with van der Waals surface area (Å²) in [4.78, 5) is 26.1. The molecule has 6 heteroatoms. The maximum absolute atomic E-state index is 12.4. The molecule has 1 aliphatic carbocycles. The van der Waals surface area contributed by atoms with Crippen molar-refractivity contribution in [1.29, 1.82) is 0 Å². The topological polar surface area (TPSA) is 70.7 Å². The number of likely N-dealkylation sites (tertiary alicyclic amines) is 1. The molecule has 0 bridgehead atoms. The van der Waals surface area contributed by atoms with Crippen LogP contribution in [0.4, 0.5) is 5.69 Å². The van der Waals surface area contributed by atoms with E-state index >= 15 is 0 Å². The first kappa shape index (κ1) is 18.7. The minimum atomic E-state index is 0.0319. The van der Waals surface area contributed by atoms with Crippen LogP contribution in [0.5, 0.6) is 5.75 Å². The van der Waals surface area contributed by atoms with Crippen molar-refractivity contribution in [2.45, 2.75) is 32.1 Å². The average molecular weight is 359 g/mol. The fourth-order valence-electron chi connectivity index (χ4n) is 3.31. The number of amides is 2. The Morgan fingerprint density at radius 1 is 1.19 bits per heavy atom.